The Morgan fingerprint density at radius 1 is 1.36 bits per heavy atom. The van der Waals surface area contributed by atoms with E-state index < -0.39 is 0 Å². The molecule has 0 saturated carbocycles. The molecule has 2 aromatic heterocycles. The lowest BCUT2D eigenvalue weighted by atomic mass is 10.2. The summed E-state index contributed by atoms with van der Waals surface area (Å²) >= 11 is 0. The van der Waals surface area contributed by atoms with Crippen molar-refractivity contribution >= 4 is 16.9 Å². The number of aryl methyl sites for hydroxylation is 1. The number of carbonyl (C=O) groups excluding carboxylic acids is 1. The zero-order valence-corrected chi connectivity index (χ0v) is 14.3. The van der Waals surface area contributed by atoms with Gasteiger partial charge in [-0.15, -0.1) is 0 Å². The summed E-state index contributed by atoms with van der Waals surface area (Å²) in [5.41, 5.74) is 1.00. The van der Waals surface area contributed by atoms with Gasteiger partial charge in [0.05, 0.1) is 11.6 Å². The number of nitrogens with one attached hydrogen (secondary N) is 1. The van der Waals surface area contributed by atoms with Crippen LogP contribution in [0.15, 0.2) is 42.9 Å². The molecule has 1 saturated heterocycles. The third-order valence-electron chi connectivity index (χ3n) is 4.81. The first-order chi connectivity index (χ1) is 12.2. The Balaban J connectivity index is 1.32. The summed E-state index contributed by atoms with van der Waals surface area (Å²) in [5.74, 6) is 0.959. The zero-order chi connectivity index (χ0) is 17.2. The van der Waals surface area contributed by atoms with Crippen molar-refractivity contribution < 1.29 is 4.79 Å². The van der Waals surface area contributed by atoms with Crippen molar-refractivity contribution in [2.75, 3.05) is 19.6 Å². The lowest BCUT2D eigenvalue weighted by molar-refractivity contribution is 0.206. The molecule has 1 fully saturated rings. The summed E-state index contributed by atoms with van der Waals surface area (Å²) in [6, 6.07) is 8.34. The second-order valence-electron chi connectivity index (χ2n) is 6.46. The van der Waals surface area contributed by atoms with Crippen LogP contribution in [0.1, 0.15) is 18.3 Å². The van der Waals surface area contributed by atoms with Crippen molar-refractivity contribution in [1.29, 1.82) is 0 Å². The second-order valence-corrected chi connectivity index (χ2v) is 6.46. The van der Waals surface area contributed by atoms with Crippen molar-refractivity contribution in [2.45, 2.75) is 25.9 Å². The summed E-state index contributed by atoms with van der Waals surface area (Å²) in [5, 5.41) is 8.78. The third-order valence-corrected chi connectivity index (χ3v) is 4.81. The number of amides is 2. The minimum absolute atomic E-state index is 0.00280. The molecule has 1 atom stereocenters. The van der Waals surface area contributed by atoms with Gasteiger partial charge in [-0.05, 0) is 19.4 Å². The second kappa shape index (κ2) is 6.58. The van der Waals surface area contributed by atoms with Crippen LogP contribution in [-0.2, 0) is 6.54 Å². The molecule has 3 aromatic rings. The molecule has 2 amide bonds. The molecule has 0 radical (unpaired) electrons. The van der Waals surface area contributed by atoms with Gasteiger partial charge in [-0.1, -0.05) is 18.2 Å². The van der Waals surface area contributed by atoms with Crippen molar-refractivity contribution in [3.8, 4) is 0 Å². The smallest absolute Gasteiger partial charge is 0.317 e. The van der Waals surface area contributed by atoms with E-state index in [1.807, 2.05) is 45.5 Å². The van der Waals surface area contributed by atoms with Crippen molar-refractivity contribution in [3.63, 3.8) is 0 Å². The molecule has 0 aliphatic carbocycles. The van der Waals surface area contributed by atoms with Crippen LogP contribution >= 0.6 is 0 Å². The van der Waals surface area contributed by atoms with E-state index in [0.29, 0.717) is 13.1 Å². The number of rotatable bonds is 4. The molecule has 25 heavy (non-hydrogen) atoms. The van der Waals surface area contributed by atoms with Crippen LogP contribution in [0.2, 0.25) is 0 Å². The number of hydrogen-bond acceptors (Lipinski definition) is 3. The molecule has 7 heteroatoms. The number of carbonyl (C=O) groups is 1. The first-order valence-corrected chi connectivity index (χ1v) is 8.65. The first kappa shape index (κ1) is 15.7. The van der Waals surface area contributed by atoms with Crippen molar-refractivity contribution in [2.24, 2.45) is 0 Å². The van der Waals surface area contributed by atoms with Gasteiger partial charge in [0.25, 0.3) is 0 Å². The topological polar surface area (TPSA) is 68.0 Å². The van der Waals surface area contributed by atoms with E-state index in [4.69, 9.17) is 0 Å². The van der Waals surface area contributed by atoms with E-state index >= 15 is 0 Å². The van der Waals surface area contributed by atoms with E-state index in [-0.39, 0.29) is 12.1 Å². The van der Waals surface area contributed by atoms with E-state index in [9.17, 15) is 4.79 Å². The van der Waals surface area contributed by atoms with Gasteiger partial charge in [-0.25, -0.2) is 9.78 Å². The molecule has 1 N–H and O–H groups in total. The van der Waals surface area contributed by atoms with Gasteiger partial charge < -0.3 is 14.8 Å². The average molecular weight is 338 g/mol. The molecular formula is C18H22N6O. The number of urea groups is 1. The van der Waals surface area contributed by atoms with Gasteiger partial charge in [0.1, 0.15) is 5.82 Å². The molecule has 4 rings (SSSR count). The lowest BCUT2D eigenvalue weighted by Crippen LogP contribution is -2.40. The molecular weight excluding hydrogens is 316 g/mol. The number of imidazole rings is 1. The number of likely N-dealkylation sites (tertiary alicyclic amines) is 1. The minimum Gasteiger partial charge on any atom is -0.336 e. The van der Waals surface area contributed by atoms with E-state index in [1.165, 1.54) is 0 Å². The van der Waals surface area contributed by atoms with E-state index in [0.717, 1.165) is 36.2 Å². The normalized spacial score (nSPS) is 17.3. The number of fused-ring (bicyclic) bond motifs is 1. The fourth-order valence-electron chi connectivity index (χ4n) is 3.35. The maximum absolute atomic E-state index is 12.4. The highest BCUT2D eigenvalue weighted by atomic mass is 16.2. The molecule has 1 aliphatic heterocycles. The van der Waals surface area contributed by atoms with Crippen LogP contribution < -0.4 is 5.32 Å². The van der Waals surface area contributed by atoms with Gasteiger partial charge in [-0.3, -0.25) is 4.68 Å². The van der Waals surface area contributed by atoms with Crippen LogP contribution in [0.4, 0.5) is 4.79 Å². The largest absolute Gasteiger partial charge is 0.336 e. The summed E-state index contributed by atoms with van der Waals surface area (Å²) in [6.45, 7) is 4.75. The quantitative estimate of drug-likeness (QED) is 0.793. The molecule has 1 aliphatic rings. The van der Waals surface area contributed by atoms with Crippen LogP contribution in [0, 0.1) is 6.92 Å². The number of aromatic nitrogens is 4. The zero-order valence-electron chi connectivity index (χ0n) is 14.3. The molecule has 0 spiro atoms. The molecule has 130 valence electrons. The van der Waals surface area contributed by atoms with Gasteiger partial charge in [0, 0.05) is 50.2 Å². The van der Waals surface area contributed by atoms with Crippen molar-refractivity contribution in [3.05, 3.63) is 48.7 Å². The fourth-order valence-corrected chi connectivity index (χ4v) is 3.35. The van der Waals surface area contributed by atoms with Gasteiger partial charge in [0.2, 0.25) is 0 Å². The molecule has 0 bridgehead atoms. The van der Waals surface area contributed by atoms with Crippen LogP contribution in [-0.4, -0.2) is 49.9 Å². The first-order valence-electron chi connectivity index (χ1n) is 8.65. The standard InChI is InChI=1S/C18H22N6O/c1-14-19-7-10-22(14)11-8-20-18(25)23-9-6-16(13-23)24-12-15-4-2-3-5-17(15)21-24/h2-5,7,10,12,16H,6,8-9,11,13H2,1H3,(H,20,25). The lowest BCUT2D eigenvalue weighted by Gasteiger charge is -2.17. The van der Waals surface area contributed by atoms with E-state index in [2.05, 4.69) is 27.7 Å². The summed E-state index contributed by atoms with van der Waals surface area (Å²) in [4.78, 5) is 18.4. The predicted octanol–water partition coefficient (Wildman–Crippen LogP) is 2.20. The Bertz CT molecular complexity index is 849. The van der Waals surface area contributed by atoms with Crippen LogP contribution in [0.5, 0.6) is 0 Å². The monoisotopic (exact) mass is 338 g/mol. The highest BCUT2D eigenvalue weighted by molar-refractivity contribution is 5.77. The Morgan fingerprint density at radius 3 is 3.04 bits per heavy atom. The Hall–Kier alpha value is -2.83. The van der Waals surface area contributed by atoms with Gasteiger partial charge in [-0.2, -0.15) is 5.10 Å². The maximum Gasteiger partial charge on any atom is 0.317 e. The summed E-state index contributed by atoms with van der Waals surface area (Å²) < 4.78 is 4.04. The molecule has 1 unspecified atom stereocenters. The highest BCUT2D eigenvalue weighted by Gasteiger charge is 2.27. The average Bonchev–Trinajstić information content (AvgIpc) is 3.33. The summed E-state index contributed by atoms with van der Waals surface area (Å²) in [6.07, 6.45) is 6.71. The number of nitrogens with zero attached hydrogens (tertiary/aromatic N) is 5. The molecule has 1 aromatic carbocycles. The fraction of sp³-hybridized carbons (Fsp3) is 0.389. The predicted molar refractivity (Wildman–Crippen MR) is 95.3 cm³/mol. The number of hydrogen-bond donors (Lipinski definition) is 1. The number of benzene rings is 1. The maximum atomic E-state index is 12.4. The van der Waals surface area contributed by atoms with Gasteiger partial charge in [0.15, 0.2) is 0 Å². The van der Waals surface area contributed by atoms with Crippen LogP contribution in [0.3, 0.4) is 0 Å². The molecule has 7 nitrogen and oxygen atoms in total. The Labute approximate surface area is 146 Å². The summed E-state index contributed by atoms with van der Waals surface area (Å²) in [7, 11) is 0. The SMILES string of the molecule is Cc1nccn1CCNC(=O)N1CCC(n2cc3ccccc3n2)C1. The molecule has 3 heterocycles. The highest BCUT2D eigenvalue weighted by Crippen LogP contribution is 2.23. The minimum atomic E-state index is -0.00280. The van der Waals surface area contributed by atoms with E-state index in [1.54, 1.807) is 6.20 Å². The Morgan fingerprint density at radius 2 is 2.24 bits per heavy atom. The third kappa shape index (κ3) is 3.22. The van der Waals surface area contributed by atoms with Crippen LogP contribution in [0.25, 0.3) is 10.9 Å². The van der Waals surface area contributed by atoms with Crippen molar-refractivity contribution in [1.82, 2.24) is 29.5 Å². The Kier molecular flexibility index (Phi) is 4.13. The van der Waals surface area contributed by atoms with Gasteiger partial charge >= 0.3 is 6.03 Å².